The lowest BCUT2D eigenvalue weighted by atomic mass is 10.1. The molecule has 1 aliphatic heterocycles. The van der Waals surface area contributed by atoms with Crippen molar-refractivity contribution in [1.29, 1.82) is 0 Å². The molecule has 4 heteroatoms. The van der Waals surface area contributed by atoms with E-state index in [1.807, 2.05) is 30.0 Å². The van der Waals surface area contributed by atoms with Crippen molar-refractivity contribution in [3.8, 4) is 0 Å². The first-order valence-corrected chi connectivity index (χ1v) is 6.47. The van der Waals surface area contributed by atoms with Gasteiger partial charge in [-0.3, -0.25) is 4.79 Å². The van der Waals surface area contributed by atoms with Gasteiger partial charge in [-0.25, -0.2) is 0 Å². The van der Waals surface area contributed by atoms with E-state index in [0.29, 0.717) is 18.0 Å². The number of alkyl halides is 1. The van der Waals surface area contributed by atoms with E-state index in [4.69, 9.17) is 5.73 Å². The van der Waals surface area contributed by atoms with Crippen LogP contribution in [0.1, 0.15) is 12.0 Å². The fourth-order valence-corrected chi connectivity index (χ4v) is 2.59. The summed E-state index contributed by atoms with van der Waals surface area (Å²) in [6.07, 6.45) is 0.610. The first-order valence-electron chi connectivity index (χ1n) is 5.35. The molecule has 3 nitrogen and oxygen atoms in total. The third kappa shape index (κ3) is 1.94. The fourth-order valence-electron chi connectivity index (χ4n) is 2.15. The minimum Gasteiger partial charge on any atom is -0.397 e. The van der Waals surface area contributed by atoms with Crippen LogP contribution in [0.2, 0.25) is 0 Å². The summed E-state index contributed by atoms with van der Waals surface area (Å²) in [6.45, 7) is 2.75. The highest BCUT2D eigenvalue weighted by Gasteiger charge is 2.31. The Morgan fingerprint density at radius 1 is 1.56 bits per heavy atom. The number of nitrogens with two attached hydrogens (primary N) is 1. The van der Waals surface area contributed by atoms with Gasteiger partial charge in [-0.1, -0.05) is 28.1 Å². The Morgan fingerprint density at radius 3 is 2.88 bits per heavy atom. The zero-order valence-corrected chi connectivity index (χ0v) is 10.8. The number of aryl methyl sites for hydroxylation is 1. The van der Waals surface area contributed by atoms with E-state index < -0.39 is 0 Å². The predicted molar refractivity (Wildman–Crippen MR) is 69.8 cm³/mol. The number of amides is 1. The first-order chi connectivity index (χ1) is 7.63. The maximum atomic E-state index is 11.9. The number of nitrogen functional groups attached to an aromatic ring is 1. The molecule has 16 heavy (non-hydrogen) atoms. The quantitative estimate of drug-likeness (QED) is 0.669. The second-order valence-electron chi connectivity index (χ2n) is 4.24. The molecule has 1 aromatic carbocycles. The summed E-state index contributed by atoms with van der Waals surface area (Å²) in [7, 11) is 0. The third-order valence-electron chi connectivity index (χ3n) is 2.96. The van der Waals surface area contributed by atoms with E-state index in [1.54, 1.807) is 0 Å². The van der Waals surface area contributed by atoms with Gasteiger partial charge >= 0.3 is 0 Å². The lowest BCUT2D eigenvalue weighted by molar-refractivity contribution is -0.117. The maximum Gasteiger partial charge on any atom is 0.227 e. The molecule has 2 rings (SSSR count). The predicted octanol–water partition coefficient (Wildman–Crippen LogP) is 2.33. The molecule has 1 heterocycles. The number of nitrogens with zero attached hydrogens (tertiary/aromatic N) is 1. The average molecular weight is 283 g/mol. The Kier molecular flexibility index (Phi) is 3.19. The largest absolute Gasteiger partial charge is 0.397 e. The highest BCUT2D eigenvalue weighted by Crippen LogP contribution is 2.32. The van der Waals surface area contributed by atoms with E-state index in [2.05, 4.69) is 15.9 Å². The van der Waals surface area contributed by atoms with E-state index >= 15 is 0 Å². The van der Waals surface area contributed by atoms with Crippen molar-refractivity contribution in [1.82, 2.24) is 0 Å². The number of carbonyl (C=O) groups is 1. The highest BCUT2D eigenvalue weighted by molar-refractivity contribution is 9.09. The van der Waals surface area contributed by atoms with E-state index in [9.17, 15) is 4.79 Å². The Labute approximate surface area is 104 Å². The number of benzene rings is 1. The van der Waals surface area contributed by atoms with Gasteiger partial charge < -0.3 is 10.6 Å². The molecular weight excluding hydrogens is 268 g/mol. The van der Waals surface area contributed by atoms with Gasteiger partial charge in [0.2, 0.25) is 5.91 Å². The Bertz CT molecular complexity index is 399. The molecule has 0 saturated carbocycles. The van der Waals surface area contributed by atoms with Crippen LogP contribution in [0.5, 0.6) is 0 Å². The van der Waals surface area contributed by atoms with Crippen molar-refractivity contribution >= 4 is 33.2 Å². The molecule has 1 aromatic rings. The smallest absolute Gasteiger partial charge is 0.227 e. The van der Waals surface area contributed by atoms with Crippen LogP contribution < -0.4 is 10.6 Å². The van der Waals surface area contributed by atoms with Gasteiger partial charge in [0.15, 0.2) is 0 Å². The zero-order chi connectivity index (χ0) is 11.7. The molecule has 1 saturated heterocycles. The van der Waals surface area contributed by atoms with Crippen LogP contribution in [0.3, 0.4) is 0 Å². The zero-order valence-electron chi connectivity index (χ0n) is 9.24. The molecule has 0 aliphatic carbocycles. The first kappa shape index (κ1) is 11.5. The summed E-state index contributed by atoms with van der Waals surface area (Å²) in [5.74, 6) is 0.567. The topological polar surface area (TPSA) is 46.3 Å². The molecule has 1 fully saturated rings. The van der Waals surface area contributed by atoms with Crippen LogP contribution in [0.15, 0.2) is 18.2 Å². The van der Waals surface area contributed by atoms with E-state index in [1.165, 1.54) is 0 Å². The summed E-state index contributed by atoms with van der Waals surface area (Å²) in [6, 6.07) is 5.74. The minimum absolute atomic E-state index is 0.172. The highest BCUT2D eigenvalue weighted by atomic mass is 79.9. The van der Waals surface area contributed by atoms with E-state index in [0.717, 1.165) is 23.1 Å². The van der Waals surface area contributed by atoms with E-state index in [-0.39, 0.29) is 5.91 Å². The minimum atomic E-state index is 0.172. The molecule has 1 unspecified atom stereocenters. The van der Waals surface area contributed by atoms with Gasteiger partial charge in [0.05, 0.1) is 11.4 Å². The van der Waals surface area contributed by atoms with Crippen molar-refractivity contribution in [3.05, 3.63) is 23.8 Å². The number of hydrogen-bond donors (Lipinski definition) is 1. The lowest BCUT2D eigenvalue weighted by Crippen LogP contribution is -2.26. The van der Waals surface area contributed by atoms with Crippen LogP contribution >= 0.6 is 15.9 Å². The molecule has 0 spiro atoms. The molecule has 0 radical (unpaired) electrons. The van der Waals surface area contributed by atoms with Crippen molar-refractivity contribution in [2.24, 2.45) is 5.92 Å². The van der Waals surface area contributed by atoms with Crippen molar-refractivity contribution in [3.63, 3.8) is 0 Å². The molecular formula is C12H15BrN2O. The summed E-state index contributed by atoms with van der Waals surface area (Å²) in [5, 5.41) is 0.862. The number of hydrogen-bond acceptors (Lipinski definition) is 2. The normalized spacial score (nSPS) is 20.5. The van der Waals surface area contributed by atoms with Crippen LogP contribution in [-0.2, 0) is 4.79 Å². The van der Waals surface area contributed by atoms with Crippen molar-refractivity contribution in [2.45, 2.75) is 13.3 Å². The number of halogens is 1. The van der Waals surface area contributed by atoms with Gasteiger partial charge in [0.25, 0.3) is 0 Å². The molecule has 1 atom stereocenters. The van der Waals surface area contributed by atoms with Gasteiger partial charge in [-0.15, -0.1) is 0 Å². The molecule has 2 N–H and O–H groups in total. The Balaban J connectivity index is 2.35. The third-order valence-corrected chi connectivity index (χ3v) is 3.88. The van der Waals surface area contributed by atoms with Crippen molar-refractivity contribution < 1.29 is 4.79 Å². The number of carbonyl (C=O) groups excluding carboxylic acids is 1. The SMILES string of the molecule is Cc1cccc(N)c1N1CC(CBr)CC1=O. The molecule has 86 valence electrons. The monoisotopic (exact) mass is 282 g/mol. The molecule has 0 bridgehead atoms. The number of anilines is 2. The Hall–Kier alpha value is -1.03. The summed E-state index contributed by atoms with van der Waals surface area (Å²) >= 11 is 3.43. The van der Waals surface area contributed by atoms with Gasteiger partial charge in [0.1, 0.15) is 0 Å². The second kappa shape index (κ2) is 4.45. The van der Waals surface area contributed by atoms with Crippen LogP contribution in [0.25, 0.3) is 0 Å². The van der Waals surface area contributed by atoms with Gasteiger partial charge in [0, 0.05) is 18.3 Å². The average Bonchev–Trinajstić information content (AvgIpc) is 2.60. The second-order valence-corrected chi connectivity index (χ2v) is 4.89. The standard InChI is InChI=1S/C12H15BrN2O/c1-8-3-2-4-10(14)12(8)15-7-9(6-13)5-11(15)16/h2-4,9H,5-7,14H2,1H3. The van der Waals surface area contributed by atoms with Crippen LogP contribution in [0.4, 0.5) is 11.4 Å². The lowest BCUT2D eigenvalue weighted by Gasteiger charge is -2.20. The molecule has 1 amide bonds. The maximum absolute atomic E-state index is 11.9. The summed E-state index contributed by atoms with van der Waals surface area (Å²) in [5.41, 5.74) is 8.57. The summed E-state index contributed by atoms with van der Waals surface area (Å²) in [4.78, 5) is 13.7. The van der Waals surface area contributed by atoms with Gasteiger partial charge in [-0.2, -0.15) is 0 Å². The summed E-state index contributed by atoms with van der Waals surface area (Å²) < 4.78 is 0. The van der Waals surface area contributed by atoms with Crippen LogP contribution in [-0.4, -0.2) is 17.8 Å². The number of rotatable bonds is 2. The Morgan fingerprint density at radius 2 is 2.31 bits per heavy atom. The molecule has 0 aromatic heterocycles. The van der Waals surface area contributed by atoms with Crippen molar-refractivity contribution in [2.75, 3.05) is 22.5 Å². The van der Waals surface area contributed by atoms with Gasteiger partial charge in [-0.05, 0) is 24.5 Å². The number of para-hydroxylation sites is 1. The molecule has 1 aliphatic rings. The van der Waals surface area contributed by atoms with Crippen LogP contribution in [0, 0.1) is 12.8 Å². The fraction of sp³-hybridized carbons (Fsp3) is 0.417.